The van der Waals surface area contributed by atoms with Crippen LogP contribution in [0.15, 0.2) is 18.2 Å². The Bertz CT molecular complexity index is 788. The lowest BCUT2D eigenvalue weighted by molar-refractivity contribution is -0.929. The number of nitrogens with zero attached hydrogens (tertiary/aromatic N) is 2. The third-order valence-corrected chi connectivity index (χ3v) is 12.7. The average Bonchev–Trinajstić information content (AvgIpc) is 3.09. The van der Waals surface area contributed by atoms with Crippen LogP contribution in [0.25, 0.3) is 0 Å². The topological polar surface area (TPSA) is 55.3 Å². The molecular formula is C43H89BN2O3Si. The second kappa shape index (κ2) is 31.8. The summed E-state index contributed by atoms with van der Waals surface area (Å²) in [5.74, 6) is 0. The van der Waals surface area contributed by atoms with Crippen molar-refractivity contribution in [3.05, 3.63) is 34.9 Å². The highest BCUT2D eigenvalue weighted by Crippen LogP contribution is 2.20. The van der Waals surface area contributed by atoms with Crippen LogP contribution in [-0.2, 0) is 10.4 Å². The lowest BCUT2D eigenvalue weighted by Gasteiger charge is -2.39. The molecule has 0 aliphatic heterocycles. The first kappa shape index (κ1) is 51.4. The second-order valence-electron chi connectivity index (χ2n) is 16.0. The summed E-state index contributed by atoms with van der Waals surface area (Å²) in [6.45, 7) is 37.9. The Balaban J connectivity index is 0. The van der Waals surface area contributed by atoms with E-state index < -0.39 is 15.6 Å². The quantitative estimate of drug-likeness (QED) is 0.0640. The summed E-state index contributed by atoms with van der Waals surface area (Å²) in [6.07, 6.45) is 22.1. The molecule has 0 aliphatic carbocycles. The van der Waals surface area contributed by atoms with Crippen LogP contribution in [0, 0.1) is 13.8 Å². The zero-order valence-corrected chi connectivity index (χ0v) is 37.1. The minimum absolute atomic E-state index is 0.710. The molecule has 1 rings (SSSR count). The molecule has 0 fully saturated rings. The summed E-state index contributed by atoms with van der Waals surface area (Å²) in [6, 6.07) is 6.79. The number of hydrogen-bond donors (Lipinski definition) is 0. The van der Waals surface area contributed by atoms with Gasteiger partial charge in [0.25, 0.3) is 0 Å². The Labute approximate surface area is 316 Å². The molecule has 0 spiro atoms. The maximum atomic E-state index is 10.5. The molecule has 0 saturated heterocycles. The third kappa shape index (κ3) is 25.3. The highest BCUT2D eigenvalue weighted by Gasteiger charge is 2.26. The van der Waals surface area contributed by atoms with Crippen LogP contribution in [0.1, 0.15) is 175 Å². The molecule has 7 heteroatoms. The van der Waals surface area contributed by atoms with E-state index in [4.69, 9.17) is 4.34 Å². The standard InChI is InChI=1S/2C16H36N.C11H17BO3Si/c2*1-5-9-13-17(14-10-6-2,15-11-7-3)16-12-8-4;1-9-6-5-7-11(10(9)2)8-16(3,4)15-12(13)14/h2*5-16H2,1-4H3;5-7H,8H2,1-4H3/q2*+1;-2. The first-order valence-electron chi connectivity index (χ1n) is 21.5. The van der Waals surface area contributed by atoms with Gasteiger partial charge >= 0.3 is 0 Å². The lowest BCUT2D eigenvalue weighted by Crippen LogP contribution is -2.55. The van der Waals surface area contributed by atoms with Crippen LogP contribution in [0.2, 0.25) is 13.1 Å². The highest BCUT2D eigenvalue weighted by molar-refractivity contribution is 6.74. The number of aryl methyl sites for hydroxylation is 1. The number of hydrogen-bond acceptors (Lipinski definition) is 3. The first-order chi connectivity index (χ1) is 23.8. The molecular weight excluding hydrogens is 631 g/mol. The highest BCUT2D eigenvalue weighted by atomic mass is 28.4. The molecule has 0 aromatic heterocycles. The van der Waals surface area contributed by atoms with Crippen LogP contribution in [0.5, 0.6) is 0 Å². The molecule has 5 nitrogen and oxygen atoms in total. The van der Waals surface area contributed by atoms with E-state index in [-0.39, 0.29) is 0 Å². The Hall–Kier alpha value is -0.698. The lowest BCUT2D eigenvalue weighted by atomic mass is 10.1. The van der Waals surface area contributed by atoms with Crippen molar-refractivity contribution in [2.45, 2.75) is 191 Å². The molecule has 0 bridgehead atoms. The van der Waals surface area contributed by atoms with E-state index in [1.165, 1.54) is 181 Å². The fourth-order valence-corrected chi connectivity index (χ4v) is 8.96. The minimum atomic E-state index is -2.19. The van der Waals surface area contributed by atoms with Crippen molar-refractivity contribution in [2.24, 2.45) is 0 Å². The van der Waals surface area contributed by atoms with E-state index in [0.29, 0.717) is 6.04 Å². The minimum Gasteiger partial charge on any atom is -0.872 e. The van der Waals surface area contributed by atoms with Gasteiger partial charge in [-0.15, -0.1) is 0 Å². The molecule has 0 heterocycles. The largest absolute Gasteiger partial charge is 0.872 e. The Morgan fingerprint density at radius 1 is 0.520 bits per heavy atom. The van der Waals surface area contributed by atoms with Gasteiger partial charge in [0, 0.05) is 7.32 Å². The van der Waals surface area contributed by atoms with Crippen molar-refractivity contribution >= 4 is 15.6 Å². The molecule has 1 aromatic carbocycles. The van der Waals surface area contributed by atoms with Gasteiger partial charge in [0.2, 0.25) is 0 Å². The predicted molar refractivity (Wildman–Crippen MR) is 223 cm³/mol. The summed E-state index contributed by atoms with van der Waals surface area (Å²) in [7, 11) is -4.35. The van der Waals surface area contributed by atoms with Crippen LogP contribution < -0.4 is 10.0 Å². The van der Waals surface area contributed by atoms with Gasteiger partial charge in [-0.25, -0.2) is 0 Å². The molecule has 50 heavy (non-hydrogen) atoms. The van der Waals surface area contributed by atoms with Gasteiger partial charge in [-0.2, -0.15) is 0 Å². The SMILES string of the molecule is CCCC[N+](CCCC)(CCCC)CCCC.CCCC[N+](CCCC)(CCCC)CCCC.Cc1cccc(C[Si](C)(C)OB([O-])[O-])c1C. The molecule has 0 amide bonds. The summed E-state index contributed by atoms with van der Waals surface area (Å²) < 4.78 is 7.80. The van der Waals surface area contributed by atoms with E-state index in [1.54, 1.807) is 0 Å². The Kier molecular flexibility index (Phi) is 32.7. The normalized spacial score (nSPS) is 11.9. The Morgan fingerprint density at radius 3 is 1.04 bits per heavy atom. The van der Waals surface area contributed by atoms with Gasteiger partial charge in [0.05, 0.1) is 52.4 Å². The van der Waals surface area contributed by atoms with Crippen LogP contribution in [0.4, 0.5) is 0 Å². The maximum absolute atomic E-state index is 10.5. The van der Waals surface area contributed by atoms with E-state index in [2.05, 4.69) is 75.3 Å². The fraction of sp³-hybridized carbons (Fsp3) is 0.860. The molecule has 0 atom stereocenters. The number of benzene rings is 1. The smallest absolute Gasteiger partial charge is 0.170 e. The van der Waals surface area contributed by atoms with Crippen molar-refractivity contribution in [3.8, 4) is 0 Å². The molecule has 0 radical (unpaired) electrons. The van der Waals surface area contributed by atoms with Crippen molar-refractivity contribution in [2.75, 3.05) is 52.4 Å². The van der Waals surface area contributed by atoms with E-state index in [1.807, 2.05) is 25.2 Å². The van der Waals surface area contributed by atoms with E-state index >= 15 is 0 Å². The van der Waals surface area contributed by atoms with Gasteiger partial charge < -0.3 is 23.4 Å². The number of unbranched alkanes of at least 4 members (excludes halogenated alkanes) is 8. The van der Waals surface area contributed by atoms with Crippen molar-refractivity contribution in [3.63, 3.8) is 0 Å². The summed E-state index contributed by atoms with van der Waals surface area (Å²) in [5, 5.41) is 21.1. The van der Waals surface area contributed by atoms with Gasteiger partial charge in [-0.05, 0) is 101 Å². The molecule has 0 N–H and O–H groups in total. The number of rotatable bonds is 28. The van der Waals surface area contributed by atoms with Gasteiger partial charge in [-0.3, -0.25) is 0 Å². The third-order valence-electron chi connectivity index (χ3n) is 10.6. The van der Waals surface area contributed by atoms with Gasteiger partial charge in [-0.1, -0.05) is 125 Å². The molecule has 0 unspecified atom stereocenters. The summed E-state index contributed by atoms with van der Waals surface area (Å²) >= 11 is 0. The fourth-order valence-electron chi connectivity index (χ4n) is 7.05. The maximum Gasteiger partial charge on any atom is 0.170 e. The van der Waals surface area contributed by atoms with Crippen LogP contribution >= 0.6 is 0 Å². The number of quaternary nitrogens is 2. The predicted octanol–water partition coefficient (Wildman–Crippen LogP) is 10.3. The van der Waals surface area contributed by atoms with Gasteiger partial charge in [0.15, 0.2) is 8.32 Å². The average molecular weight is 721 g/mol. The second-order valence-corrected chi connectivity index (χ2v) is 20.1. The molecule has 0 saturated carbocycles. The first-order valence-corrected chi connectivity index (χ1v) is 24.7. The van der Waals surface area contributed by atoms with Crippen molar-refractivity contribution in [1.82, 2.24) is 0 Å². The molecule has 296 valence electrons. The van der Waals surface area contributed by atoms with Crippen molar-refractivity contribution in [1.29, 1.82) is 0 Å². The van der Waals surface area contributed by atoms with E-state index in [9.17, 15) is 10.0 Å². The summed E-state index contributed by atoms with van der Waals surface area (Å²) in [4.78, 5) is 0. The van der Waals surface area contributed by atoms with Crippen LogP contribution in [0.3, 0.4) is 0 Å². The Morgan fingerprint density at radius 2 is 0.800 bits per heavy atom. The molecule has 1 aromatic rings. The van der Waals surface area contributed by atoms with Gasteiger partial charge in [0.1, 0.15) is 0 Å². The van der Waals surface area contributed by atoms with Crippen molar-refractivity contribution < 1.29 is 23.4 Å². The zero-order chi connectivity index (χ0) is 38.3. The van der Waals surface area contributed by atoms with Crippen LogP contribution in [-0.4, -0.2) is 77.0 Å². The summed E-state index contributed by atoms with van der Waals surface area (Å²) in [5.41, 5.74) is 3.63. The monoisotopic (exact) mass is 721 g/mol. The molecule has 0 aliphatic rings. The van der Waals surface area contributed by atoms with E-state index in [0.717, 1.165) is 0 Å². The zero-order valence-electron chi connectivity index (χ0n) is 36.1.